The smallest absolute Gasteiger partial charge is 0.270 e. The zero-order valence-electron chi connectivity index (χ0n) is 13.4. The molecule has 0 spiro atoms. The van der Waals surface area contributed by atoms with Crippen LogP contribution in [0.2, 0.25) is 0 Å². The Bertz CT molecular complexity index is 904. The van der Waals surface area contributed by atoms with Gasteiger partial charge in [0.25, 0.3) is 11.9 Å². The van der Waals surface area contributed by atoms with Gasteiger partial charge in [0.15, 0.2) is 0 Å². The van der Waals surface area contributed by atoms with Crippen molar-refractivity contribution in [1.29, 1.82) is 0 Å². The van der Waals surface area contributed by atoms with Crippen molar-refractivity contribution in [1.82, 2.24) is 20.2 Å². The van der Waals surface area contributed by atoms with E-state index in [1.165, 1.54) is 10.4 Å². The molecule has 0 radical (unpaired) electrons. The van der Waals surface area contributed by atoms with Crippen LogP contribution < -0.4 is 5.32 Å². The third kappa shape index (κ3) is 2.46. The Labute approximate surface area is 139 Å². The molecule has 0 fully saturated rings. The van der Waals surface area contributed by atoms with Crippen LogP contribution in [0.1, 0.15) is 24.5 Å². The second-order valence-electron chi connectivity index (χ2n) is 5.77. The van der Waals surface area contributed by atoms with Crippen LogP contribution in [0.4, 0.5) is 5.95 Å². The lowest BCUT2D eigenvalue weighted by atomic mass is 9.79. The molecule has 4 rings (SSSR count). The summed E-state index contributed by atoms with van der Waals surface area (Å²) in [6.07, 6.45) is 7.84. The van der Waals surface area contributed by atoms with Crippen molar-refractivity contribution in [3.63, 3.8) is 0 Å². The van der Waals surface area contributed by atoms with E-state index < -0.39 is 0 Å². The van der Waals surface area contributed by atoms with Crippen molar-refractivity contribution in [2.24, 2.45) is 0 Å². The number of nitrogens with zero attached hydrogens (tertiary/aromatic N) is 4. The average molecular weight is 319 g/mol. The minimum atomic E-state index is -0.186. The van der Waals surface area contributed by atoms with Gasteiger partial charge in [-0.25, -0.2) is 0 Å². The summed E-state index contributed by atoms with van der Waals surface area (Å²) in [5.41, 5.74) is 5.14. The molecule has 120 valence electrons. The molecular formula is C18H17N5O. The Morgan fingerprint density at radius 3 is 3.04 bits per heavy atom. The Morgan fingerprint density at radius 1 is 1.33 bits per heavy atom. The second kappa shape index (κ2) is 5.88. The largest absolute Gasteiger partial charge is 0.288 e. The van der Waals surface area contributed by atoms with Crippen LogP contribution in [0.25, 0.3) is 5.57 Å². The number of tetrazole rings is 1. The number of amides is 1. The van der Waals surface area contributed by atoms with Crippen molar-refractivity contribution in [2.75, 3.05) is 5.32 Å². The van der Waals surface area contributed by atoms with Crippen molar-refractivity contribution in [2.45, 2.75) is 26.3 Å². The molecule has 2 aliphatic rings. The van der Waals surface area contributed by atoms with E-state index >= 15 is 0 Å². The van der Waals surface area contributed by atoms with Crippen molar-refractivity contribution in [3.05, 3.63) is 64.8 Å². The molecule has 24 heavy (non-hydrogen) atoms. The molecule has 1 amide bonds. The average Bonchev–Trinajstić information content (AvgIpc) is 3.07. The first kappa shape index (κ1) is 14.6. The molecule has 2 aliphatic carbocycles. The molecule has 1 N–H and O–H groups in total. The first-order valence-corrected chi connectivity index (χ1v) is 8.03. The van der Waals surface area contributed by atoms with Gasteiger partial charge < -0.3 is 0 Å². The van der Waals surface area contributed by atoms with Crippen LogP contribution >= 0.6 is 0 Å². The summed E-state index contributed by atoms with van der Waals surface area (Å²) in [5, 5.41) is 14.7. The van der Waals surface area contributed by atoms with Gasteiger partial charge in [-0.1, -0.05) is 47.6 Å². The number of aromatic nitrogens is 4. The molecule has 0 saturated heterocycles. The molecular weight excluding hydrogens is 302 g/mol. The van der Waals surface area contributed by atoms with Gasteiger partial charge in [0.1, 0.15) is 0 Å². The highest BCUT2D eigenvalue weighted by Crippen LogP contribution is 2.38. The molecule has 0 saturated carbocycles. The van der Waals surface area contributed by atoms with E-state index in [-0.39, 0.29) is 11.9 Å². The molecule has 0 atom stereocenters. The summed E-state index contributed by atoms with van der Waals surface area (Å²) in [6, 6.07) is 8.05. The minimum absolute atomic E-state index is 0.186. The molecule has 1 heterocycles. The van der Waals surface area contributed by atoms with Crippen molar-refractivity contribution in [3.8, 4) is 0 Å². The molecule has 0 bridgehead atoms. The van der Waals surface area contributed by atoms with Crippen molar-refractivity contribution < 1.29 is 4.79 Å². The first-order chi connectivity index (χ1) is 11.8. The second-order valence-corrected chi connectivity index (χ2v) is 5.77. The monoisotopic (exact) mass is 319 g/mol. The van der Waals surface area contributed by atoms with Gasteiger partial charge in [0.2, 0.25) is 0 Å². The zero-order valence-corrected chi connectivity index (χ0v) is 13.4. The SMILES string of the molecule is CCn1nnc(NC(=O)C2=C3CC=CC=C3Cc3ccccc32)n1. The number of rotatable bonds is 3. The molecule has 1 aromatic heterocycles. The normalized spacial score (nSPS) is 15.6. The third-order valence-electron chi connectivity index (χ3n) is 4.30. The fourth-order valence-electron chi connectivity index (χ4n) is 3.17. The van der Waals surface area contributed by atoms with Gasteiger partial charge in [-0.3, -0.25) is 10.1 Å². The highest BCUT2D eigenvalue weighted by molar-refractivity contribution is 6.27. The quantitative estimate of drug-likeness (QED) is 0.943. The van der Waals surface area contributed by atoms with E-state index in [1.54, 1.807) is 0 Å². The fraction of sp³-hybridized carbons (Fsp3) is 0.222. The highest BCUT2D eigenvalue weighted by Gasteiger charge is 2.27. The Morgan fingerprint density at radius 2 is 2.21 bits per heavy atom. The summed E-state index contributed by atoms with van der Waals surface area (Å²) in [4.78, 5) is 14.4. The molecule has 0 unspecified atom stereocenters. The summed E-state index contributed by atoms with van der Waals surface area (Å²) < 4.78 is 0. The minimum Gasteiger partial charge on any atom is -0.288 e. The Hall–Kier alpha value is -3.02. The summed E-state index contributed by atoms with van der Waals surface area (Å²) >= 11 is 0. The van der Waals surface area contributed by atoms with Crippen LogP contribution in [0, 0.1) is 0 Å². The maximum Gasteiger partial charge on any atom is 0.270 e. The number of aryl methyl sites for hydroxylation is 1. The summed E-state index contributed by atoms with van der Waals surface area (Å²) in [6.45, 7) is 2.53. The van der Waals surface area contributed by atoms with Gasteiger partial charge in [0, 0.05) is 0 Å². The van der Waals surface area contributed by atoms with E-state index in [0.29, 0.717) is 12.1 Å². The zero-order chi connectivity index (χ0) is 16.5. The van der Waals surface area contributed by atoms with E-state index in [2.05, 4.69) is 45.0 Å². The lowest BCUT2D eigenvalue weighted by Crippen LogP contribution is -2.21. The maximum atomic E-state index is 12.9. The number of carbonyl (C=O) groups is 1. The van der Waals surface area contributed by atoms with Gasteiger partial charge >= 0.3 is 0 Å². The molecule has 1 aromatic carbocycles. The number of fused-ring (bicyclic) bond motifs is 2. The number of hydrogen-bond acceptors (Lipinski definition) is 4. The molecule has 0 aliphatic heterocycles. The molecule has 6 nitrogen and oxygen atoms in total. The first-order valence-electron chi connectivity index (χ1n) is 8.03. The molecule has 2 aromatic rings. The van der Waals surface area contributed by atoms with E-state index in [9.17, 15) is 4.79 Å². The van der Waals surface area contributed by atoms with Crippen LogP contribution in [0.5, 0.6) is 0 Å². The van der Waals surface area contributed by atoms with Gasteiger partial charge in [-0.05, 0) is 47.3 Å². The number of anilines is 1. The van der Waals surface area contributed by atoms with Crippen molar-refractivity contribution >= 4 is 17.4 Å². The lowest BCUT2D eigenvalue weighted by Gasteiger charge is -2.26. The number of benzene rings is 1. The summed E-state index contributed by atoms with van der Waals surface area (Å²) in [5.74, 6) is 0.0453. The van der Waals surface area contributed by atoms with Crippen LogP contribution in [-0.4, -0.2) is 26.1 Å². The Kier molecular flexibility index (Phi) is 3.57. The topological polar surface area (TPSA) is 72.7 Å². The van der Waals surface area contributed by atoms with Crippen LogP contribution in [-0.2, 0) is 17.8 Å². The van der Waals surface area contributed by atoms with E-state index in [4.69, 9.17) is 0 Å². The predicted molar refractivity (Wildman–Crippen MR) is 91.0 cm³/mol. The van der Waals surface area contributed by atoms with E-state index in [0.717, 1.165) is 29.5 Å². The van der Waals surface area contributed by atoms with E-state index in [1.807, 2.05) is 25.1 Å². The number of allylic oxidation sites excluding steroid dienone is 5. The van der Waals surface area contributed by atoms with Crippen LogP contribution in [0.3, 0.4) is 0 Å². The van der Waals surface area contributed by atoms with Gasteiger partial charge in [0.05, 0.1) is 12.1 Å². The lowest BCUT2D eigenvalue weighted by molar-refractivity contribution is -0.111. The maximum absolute atomic E-state index is 12.9. The fourth-order valence-corrected chi connectivity index (χ4v) is 3.17. The number of carbonyl (C=O) groups excluding carboxylic acids is 1. The predicted octanol–water partition coefficient (Wildman–Crippen LogP) is 2.53. The highest BCUT2D eigenvalue weighted by atomic mass is 16.2. The Balaban J connectivity index is 1.75. The number of hydrogen-bond donors (Lipinski definition) is 1. The third-order valence-corrected chi connectivity index (χ3v) is 4.30. The van der Waals surface area contributed by atoms with Crippen LogP contribution in [0.15, 0.2) is 53.6 Å². The molecule has 6 heteroatoms. The van der Waals surface area contributed by atoms with Gasteiger partial charge in [-0.2, -0.15) is 4.80 Å². The summed E-state index contributed by atoms with van der Waals surface area (Å²) in [7, 11) is 0. The van der Waals surface area contributed by atoms with Gasteiger partial charge in [-0.15, -0.1) is 5.10 Å². The number of nitrogens with one attached hydrogen (secondary N) is 1. The standard InChI is InChI=1S/C18H17N5O/c1-2-23-21-18(20-22-23)19-17(24)16-14-9-5-3-7-12(14)11-13-8-4-6-10-15(13)16/h3-9H,2,10-11H2,1H3,(H,19,21,24).